The molecule has 1 rings (SSSR count). The number of hydrogen-bond acceptors (Lipinski definition) is 5. The topological polar surface area (TPSA) is 69.7 Å². The van der Waals surface area contributed by atoms with Gasteiger partial charge in [0.1, 0.15) is 12.2 Å². The van der Waals surface area contributed by atoms with Crippen LogP contribution in [0.4, 0.5) is 5.69 Å². The maximum absolute atomic E-state index is 12.2. The molecule has 0 spiro atoms. The van der Waals surface area contributed by atoms with Gasteiger partial charge in [-0.15, -0.1) is 0 Å². The summed E-state index contributed by atoms with van der Waals surface area (Å²) in [6, 6.07) is 3.49. The van der Waals surface area contributed by atoms with E-state index in [4.69, 9.17) is 14.2 Å². The monoisotopic (exact) mass is 296 g/mol. The van der Waals surface area contributed by atoms with E-state index in [2.05, 4.69) is 10.3 Å². The molecule has 1 aromatic rings. The lowest BCUT2D eigenvalue weighted by Crippen LogP contribution is -2.41. The van der Waals surface area contributed by atoms with Crippen molar-refractivity contribution >= 4 is 11.6 Å². The Morgan fingerprint density at radius 3 is 2.57 bits per heavy atom. The Balaban J connectivity index is 2.74. The third kappa shape index (κ3) is 4.68. The summed E-state index contributed by atoms with van der Waals surface area (Å²) >= 11 is 0. The molecule has 1 N–H and O–H groups in total. The van der Waals surface area contributed by atoms with Crippen LogP contribution in [-0.2, 0) is 14.3 Å². The second-order valence-electron chi connectivity index (χ2n) is 4.87. The van der Waals surface area contributed by atoms with Gasteiger partial charge in [-0.3, -0.25) is 4.79 Å². The standard InChI is InChI=1S/C15H24N2O4/c1-6-15(3,20-5)14(18)17-12-7-8-13(16-11(12)2)21-10-9-19-4/h7-8H,6,9-10H2,1-5H3,(H,17,18)/t15-/m1/s1. The first-order valence-electron chi connectivity index (χ1n) is 6.92. The first kappa shape index (κ1) is 17.4. The maximum atomic E-state index is 12.2. The molecule has 6 nitrogen and oxygen atoms in total. The summed E-state index contributed by atoms with van der Waals surface area (Å²) in [5.41, 5.74) is 0.490. The number of ether oxygens (including phenoxy) is 3. The average Bonchev–Trinajstić information content (AvgIpc) is 2.49. The number of nitrogens with one attached hydrogen (secondary N) is 1. The fourth-order valence-corrected chi connectivity index (χ4v) is 1.63. The van der Waals surface area contributed by atoms with E-state index in [1.807, 2.05) is 13.8 Å². The van der Waals surface area contributed by atoms with Gasteiger partial charge in [0.2, 0.25) is 5.88 Å². The van der Waals surface area contributed by atoms with Gasteiger partial charge in [0.25, 0.3) is 5.91 Å². The van der Waals surface area contributed by atoms with Crippen molar-refractivity contribution in [1.82, 2.24) is 4.98 Å². The van der Waals surface area contributed by atoms with Crippen molar-refractivity contribution in [3.05, 3.63) is 17.8 Å². The number of aryl methyl sites for hydroxylation is 1. The van der Waals surface area contributed by atoms with E-state index >= 15 is 0 Å². The average molecular weight is 296 g/mol. The molecule has 0 unspecified atom stereocenters. The molecule has 0 saturated heterocycles. The van der Waals surface area contributed by atoms with Crippen molar-refractivity contribution in [2.24, 2.45) is 0 Å². The van der Waals surface area contributed by atoms with Crippen LogP contribution in [0.3, 0.4) is 0 Å². The molecule has 0 bridgehead atoms. The summed E-state index contributed by atoms with van der Waals surface area (Å²) in [4.78, 5) is 16.5. The zero-order valence-corrected chi connectivity index (χ0v) is 13.4. The summed E-state index contributed by atoms with van der Waals surface area (Å²) in [5.74, 6) is 0.318. The number of hydrogen-bond donors (Lipinski definition) is 1. The molecular formula is C15H24N2O4. The van der Waals surface area contributed by atoms with Crippen molar-refractivity contribution in [2.75, 3.05) is 32.8 Å². The van der Waals surface area contributed by atoms with Gasteiger partial charge in [0, 0.05) is 20.3 Å². The summed E-state index contributed by atoms with van der Waals surface area (Å²) < 4.78 is 15.6. The van der Waals surface area contributed by atoms with Crippen LogP contribution < -0.4 is 10.1 Å². The lowest BCUT2D eigenvalue weighted by atomic mass is 10.0. The van der Waals surface area contributed by atoms with Gasteiger partial charge in [-0.25, -0.2) is 4.98 Å². The summed E-state index contributed by atoms with van der Waals surface area (Å²) in [5, 5.41) is 2.84. The Morgan fingerprint density at radius 2 is 2.05 bits per heavy atom. The number of methoxy groups -OCH3 is 2. The van der Waals surface area contributed by atoms with E-state index in [1.165, 1.54) is 7.11 Å². The van der Waals surface area contributed by atoms with Gasteiger partial charge in [-0.05, 0) is 26.3 Å². The van der Waals surface area contributed by atoms with E-state index in [1.54, 1.807) is 26.2 Å². The zero-order chi connectivity index (χ0) is 15.9. The fourth-order valence-electron chi connectivity index (χ4n) is 1.63. The molecule has 1 atom stereocenters. The molecule has 0 fully saturated rings. The molecule has 1 amide bonds. The Morgan fingerprint density at radius 1 is 1.33 bits per heavy atom. The van der Waals surface area contributed by atoms with Crippen molar-refractivity contribution in [2.45, 2.75) is 32.8 Å². The predicted octanol–water partition coefficient (Wildman–Crippen LogP) is 2.17. The number of nitrogens with zero attached hydrogens (tertiary/aromatic N) is 1. The quantitative estimate of drug-likeness (QED) is 0.745. The van der Waals surface area contributed by atoms with Crippen LogP contribution in [0.2, 0.25) is 0 Å². The molecule has 0 aliphatic carbocycles. The maximum Gasteiger partial charge on any atom is 0.256 e. The minimum atomic E-state index is -0.847. The highest BCUT2D eigenvalue weighted by atomic mass is 16.5. The van der Waals surface area contributed by atoms with Crippen molar-refractivity contribution in [1.29, 1.82) is 0 Å². The van der Waals surface area contributed by atoms with Crippen LogP contribution in [0.25, 0.3) is 0 Å². The minimum absolute atomic E-state index is 0.189. The summed E-state index contributed by atoms with van der Waals surface area (Å²) in [6.07, 6.45) is 0.583. The molecule has 21 heavy (non-hydrogen) atoms. The third-order valence-corrected chi connectivity index (χ3v) is 3.45. The van der Waals surface area contributed by atoms with Gasteiger partial charge in [0.05, 0.1) is 18.0 Å². The van der Waals surface area contributed by atoms with Crippen LogP contribution in [0.5, 0.6) is 5.88 Å². The van der Waals surface area contributed by atoms with Crippen molar-refractivity contribution in [3.63, 3.8) is 0 Å². The second-order valence-corrected chi connectivity index (χ2v) is 4.87. The largest absolute Gasteiger partial charge is 0.475 e. The lowest BCUT2D eigenvalue weighted by molar-refractivity contribution is -0.136. The zero-order valence-electron chi connectivity index (χ0n) is 13.4. The third-order valence-electron chi connectivity index (χ3n) is 3.45. The minimum Gasteiger partial charge on any atom is -0.475 e. The molecular weight excluding hydrogens is 272 g/mol. The smallest absolute Gasteiger partial charge is 0.256 e. The highest BCUT2D eigenvalue weighted by molar-refractivity contribution is 5.97. The van der Waals surface area contributed by atoms with Crippen LogP contribution in [0, 0.1) is 6.92 Å². The molecule has 1 aromatic heterocycles. The number of pyridine rings is 1. The van der Waals surface area contributed by atoms with E-state index in [0.29, 0.717) is 36.9 Å². The molecule has 0 aliphatic heterocycles. The molecule has 118 valence electrons. The summed E-state index contributed by atoms with van der Waals surface area (Å²) in [7, 11) is 3.14. The molecule has 6 heteroatoms. The molecule has 0 saturated carbocycles. The first-order valence-corrected chi connectivity index (χ1v) is 6.92. The number of carbonyl (C=O) groups excluding carboxylic acids is 1. The number of amides is 1. The van der Waals surface area contributed by atoms with Crippen LogP contribution in [-0.4, -0.2) is 43.9 Å². The highest BCUT2D eigenvalue weighted by Gasteiger charge is 2.31. The van der Waals surface area contributed by atoms with Crippen LogP contribution in [0.15, 0.2) is 12.1 Å². The Hall–Kier alpha value is -1.66. The number of rotatable bonds is 8. The number of aromatic nitrogens is 1. The van der Waals surface area contributed by atoms with Crippen LogP contribution >= 0.6 is 0 Å². The Kier molecular flexibility index (Phi) is 6.58. The molecule has 0 radical (unpaired) electrons. The SMILES string of the molecule is CC[C@@](C)(OC)C(=O)Nc1ccc(OCCOC)nc1C. The molecule has 0 aromatic carbocycles. The van der Waals surface area contributed by atoms with E-state index in [-0.39, 0.29) is 5.91 Å². The number of anilines is 1. The van der Waals surface area contributed by atoms with E-state index in [9.17, 15) is 4.79 Å². The first-order chi connectivity index (χ1) is 9.96. The molecule has 0 aliphatic rings. The van der Waals surface area contributed by atoms with Gasteiger partial charge >= 0.3 is 0 Å². The van der Waals surface area contributed by atoms with Gasteiger partial charge in [0.15, 0.2) is 0 Å². The Labute approximate surface area is 125 Å². The van der Waals surface area contributed by atoms with Crippen molar-refractivity contribution in [3.8, 4) is 5.88 Å². The Bertz CT molecular complexity index is 473. The van der Waals surface area contributed by atoms with Crippen LogP contribution in [0.1, 0.15) is 26.0 Å². The van der Waals surface area contributed by atoms with E-state index in [0.717, 1.165) is 0 Å². The summed E-state index contributed by atoms with van der Waals surface area (Å²) in [6.45, 7) is 6.41. The fraction of sp³-hybridized carbons (Fsp3) is 0.600. The van der Waals surface area contributed by atoms with Gasteiger partial charge in [-0.2, -0.15) is 0 Å². The highest BCUT2D eigenvalue weighted by Crippen LogP contribution is 2.21. The van der Waals surface area contributed by atoms with E-state index < -0.39 is 5.60 Å². The van der Waals surface area contributed by atoms with Gasteiger partial charge in [-0.1, -0.05) is 6.92 Å². The normalized spacial score (nSPS) is 13.6. The molecule has 1 heterocycles. The lowest BCUT2D eigenvalue weighted by Gasteiger charge is -2.25. The van der Waals surface area contributed by atoms with Gasteiger partial charge < -0.3 is 19.5 Å². The number of carbonyl (C=O) groups is 1. The second kappa shape index (κ2) is 7.95. The predicted molar refractivity (Wildman–Crippen MR) is 80.7 cm³/mol. The van der Waals surface area contributed by atoms with Crippen molar-refractivity contribution < 1.29 is 19.0 Å².